The van der Waals surface area contributed by atoms with E-state index in [-0.39, 0.29) is 19.6 Å². The summed E-state index contributed by atoms with van der Waals surface area (Å²) in [6.07, 6.45) is 0.0553. The van der Waals surface area contributed by atoms with Crippen LogP contribution in [0, 0.1) is 17.8 Å². The summed E-state index contributed by atoms with van der Waals surface area (Å²) < 4.78 is 16.2. The lowest BCUT2D eigenvalue weighted by Crippen LogP contribution is -2.32. The zero-order chi connectivity index (χ0) is 26.7. The third-order valence-corrected chi connectivity index (χ3v) is 5.61. The molecule has 0 fully saturated rings. The molecule has 190 valence electrons. The molecular weight excluding hydrogens is 468 g/mol. The summed E-state index contributed by atoms with van der Waals surface area (Å²) in [5.74, 6) is 3.48. The molecule has 0 aliphatic rings. The molecule has 0 aliphatic carbocycles. The average molecular weight is 499 g/mol. The van der Waals surface area contributed by atoms with Crippen LogP contribution in [0.4, 0.5) is 0 Å². The summed E-state index contributed by atoms with van der Waals surface area (Å²) in [6, 6.07) is 25.8. The molecule has 0 unspecified atom stereocenters. The van der Waals surface area contributed by atoms with Crippen molar-refractivity contribution in [1.82, 2.24) is 0 Å². The first-order chi connectivity index (χ1) is 17.9. The van der Waals surface area contributed by atoms with Crippen LogP contribution in [-0.4, -0.2) is 31.1 Å². The molecule has 6 heteroatoms. The maximum absolute atomic E-state index is 12.6. The summed E-state index contributed by atoms with van der Waals surface area (Å²) in [5, 5.41) is 0. The molecule has 0 atom stereocenters. The Balaban J connectivity index is 2.13. The number of ether oxygens (including phenoxy) is 3. The Labute approximate surface area is 217 Å². The second kappa shape index (κ2) is 13.1. The van der Waals surface area contributed by atoms with Crippen molar-refractivity contribution < 1.29 is 28.6 Å². The quantitative estimate of drug-likeness (QED) is 0.182. The Morgan fingerprint density at radius 2 is 1.24 bits per heavy atom. The maximum atomic E-state index is 12.6. The third kappa shape index (κ3) is 6.86. The minimum absolute atomic E-state index is 0.0553. The van der Waals surface area contributed by atoms with Gasteiger partial charge in [-0.3, -0.25) is 14.4 Å². The van der Waals surface area contributed by atoms with Crippen LogP contribution in [0.5, 0.6) is 0 Å². The van der Waals surface area contributed by atoms with Crippen molar-refractivity contribution in [1.29, 1.82) is 0 Å². The third-order valence-electron chi connectivity index (χ3n) is 5.61. The van der Waals surface area contributed by atoms with Gasteiger partial charge in [0.1, 0.15) is 0 Å². The fourth-order valence-electron chi connectivity index (χ4n) is 3.96. The van der Waals surface area contributed by atoms with E-state index in [9.17, 15) is 14.4 Å². The lowest BCUT2D eigenvalue weighted by molar-refractivity contribution is -0.161. The molecule has 0 bridgehead atoms. The second-order valence-electron chi connectivity index (χ2n) is 8.17. The zero-order valence-electron chi connectivity index (χ0n) is 21.2. The van der Waals surface area contributed by atoms with E-state index in [1.54, 1.807) is 26.0 Å². The molecule has 0 saturated heterocycles. The van der Waals surface area contributed by atoms with Crippen molar-refractivity contribution in [3.8, 4) is 11.8 Å². The molecule has 0 N–H and O–H groups in total. The molecule has 0 radical (unpaired) electrons. The number of rotatable bonds is 9. The lowest BCUT2D eigenvalue weighted by Gasteiger charge is -2.29. The molecule has 6 nitrogen and oxygen atoms in total. The Hall–Kier alpha value is -4.37. The molecule has 0 aromatic heterocycles. The number of esters is 3. The van der Waals surface area contributed by atoms with Crippen molar-refractivity contribution in [3.63, 3.8) is 0 Å². The highest BCUT2D eigenvalue weighted by atomic mass is 16.6. The number of hydrogen-bond donors (Lipinski definition) is 0. The van der Waals surface area contributed by atoms with Gasteiger partial charge < -0.3 is 14.2 Å². The van der Waals surface area contributed by atoms with Crippen LogP contribution in [0.2, 0.25) is 0 Å². The van der Waals surface area contributed by atoms with E-state index in [0.717, 1.165) is 0 Å². The monoisotopic (exact) mass is 498 g/mol. The lowest BCUT2D eigenvalue weighted by atomic mass is 9.86. The van der Waals surface area contributed by atoms with Crippen molar-refractivity contribution in [3.05, 3.63) is 107 Å². The molecule has 3 aromatic carbocycles. The first-order valence-electron chi connectivity index (χ1n) is 12.2. The standard InChI is InChI=1S/C31H30O6/c1-4-35-29(33)28(30(34)36-5-2)22-25-15-13-12-14-24(25)20-21-31(37-23(3)32,26-16-8-6-9-17-26)27-18-10-7-11-19-27/h6-19,28H,4-5,22H2,1-3H3. The molecule has 37 heavy (non-hydrogen) atoms. The van der Waals surface area contributed by atoms with Gasteiger partial charge in [0.15, 0.2) is 5.92 Å². The SMILES string of the molecule is CCOC(=O)C(Cc1ccccc1C#CC(OC(C)=O)(c1ccccc1)c1ccccc1)C(=O)OCC. The van der Waals surface area contributed by atoms with Crippen molar-refractivity contribution >= 4 is 17.9 Å². The molecular formula is C31H30O6. The topological polar surface area (TPSA) is 78.9 Å². The van der Waals surface area contributed by atoms with Gasteiger partial charge in [0.2, 0.25) is 5.60 Å². The fraction of sp³-hybridized carbons (Fsp3) is 0.258. The van der Waals surface area contributed by atoms with Gasteiger partial charge in [-0.1, -0.05) is 84.8 Å². The number of benzene rings is 3. The molecule has 0 amide bonds. The second-order valence-corrected chi connectivity index (χ2v) is 8.17. The maximum Gasteiger partial charge on any atom is 0.320 e. The Kier molecular flexibility index (Phi) is 9.62. The average Bonchev–Trinajstić information content (AvgIpc) is 2.91. The summed E-state index contributed by atoms with van der Waals surface area (Å²) in [4.78, 5) is 37.4. The predicted molar refractivity (Wildman–Crippen MR) is 139 cm³/mol. The van der Waals surface area contributed by atoms with Gasteiger partial charge in [-0.25, -0.2) is 0 Å². The van der Waals surface area contributed by atoms with Crippen LogP contribution in [0.15, 0.2) is 84.9 Å². The van der Waals surface area contributed by atoms with Crippen LogP contribution in [-0.2, 0) is 40.6 Å². The minimum atomic E-state index is -1.37. The molecule has 3 aromatic rings. The van der Waals surface area contributed by atoms with E-state index in [1.807, 2.05) is 72.8 Å². The van der Waals surface area contributed by atoms with E-state index in [0.29, 0.717) is 22.3 Å². The van der Waals surface area contributed by atoms with Gasteiger partial charge >= 0.3 is 17.9 Å². The number of hydrogen-bond acceptors (Lipinski definition) is 6. The molecule has 0 aliphatic heterocycles. The smallest absolute Gasteiger partial charge is 0.320 e. The minimum Gasteiger partial charge on any atom is -0.465 e. The van der Waals surface area contributed by atoms with Crippen LogP contribution < -0.4 is 0 Å². The van der Waals surface area contributed by atoms with Crippen LogP contribution in [0.3, 0.4) is 0 Å². The van der Waals surface area contributed by atoms with Crippen molar-refractivity contribution in [2.75, 3.05) is 13.2 Å². The first kappa shape index (κ1) is 27.2. The van der Waals surface area contributed by atoms with Crippen molar-refractivity contribution in [2.24, 2.45) is 5.92 Å². The van der Waals surface area contributed by atoms with E-state index in [4.69, 9.17) is 14.2 Å². The van der Waals surface area contributed by atoms with Crippen LogP contribution in [0.1, 0.15) is 43.0 Å². The largest absolute Gasteiger partial charge is 0.465 e. The molecule has 0 heterocycles. The summed E-state index contributed by atoms with van der Waals surface area (Å²) in [6.45, 7) is 5.01. The van der Waals surface area contributed by atoms with E-state index in [1.165, 1.54) is 6.92 Å². The van der Waals surface area contributed by atoms with Gasteiger partial charge in [0.25, 0.3) is 0 Å². The Morgan fingerprint density at radius 1 is 0.757 bits per heavy atom. The van der Waals surface area contributed by atoms with Gasteiger partial charge in [-0.2, -0.15) is 0 Å². The van der Waals surface area contributed by atoms with E-state index in [2.05, 4.69) is 11.8 Å². The van der Waals surface area contributed by atoms with Gasteiger partial charge in [-0.15, -0.1) is 0 Å². The Morgan fingerprint density at radius 3 is 1.73 bits per heavy atom. The van der Waals surface area contributed by atoms with Gasteiger partial charge in [0, 0.05) is 23.6 Å². The fourth-order valence-corrected chi connectivity index (χ4v) is 3.96. The normalized spacial score (nSPS) is 10.7. The Bertz CT molecular complexity index is 1210. The van der Waals surface area contributed by atoms with Crippen LogP contribution in [0.25, 0.3) is 0 Å². The molecule has 0 saturated carbocycles. The van der Waals surface area contributed by atoms with Crippen LogP contribution >= 0.6 is 0 Å². The predicted octanol–water partition coefficient (Wildman–Crippen LogP) is 4.83. The summed E-state index contributed by atoms with van der Waals surface area (Å²) in [7, 11) is 0. The summed E-state index contributed by atoms with van der Waals surface area (Å²) in [5.41, 5.74) is 1.27. The number of carbonyl (C=O) groups is 3. The highest BCUT2D eigenvalue weighted by Crippen LogP contribution is 2.34. The van der Waals surface area contributed by atoms with Crippen molar-refractivity contribution in [2.45, 2.75) is 32.8 Å². The molecule has 3 rings (SSSR count). The zero-order valence-corrected chi connectivity index (χ0v) is 21.2. The highest BCUT2D eigenvalue weighted by molar-refractivity contribution is 5.95. The summed E-state index contributed by atoms with van der Waals surface area (Å²) >= 11 is 0. The molecule has 0 spiro atoms. The van der Waals surface area contributed by atoms with E-state index >= 15 is 0 Å². The van der Waals surface area contributed by atoms with Gasteiger partial charge in [0.05, 0.1) is 13.2 Å². The van der Waals surface area contributed by atoms with Gasteiger partial charge in [-0.05, 0) is 37.8 Å². The van der Waals surface area contributed by atoms with E-state index < -0.39 is 29.4 Å². The number of carbonyl (C=O) groups excluding carboxylic acids is 3. The highest BCUT2D eigenvalue weighted by Gasteiger charge is 2.36. The first-order valence-corrected chi connectivity index (χ1v) is 12.2.